The maximum atomic E-state index is 12.2. The van der Waals surface area contributed by atoms with Crippen molar-refractivity contribution in [2.75, 3.05) is 14.1 Å². The number of fused-ring (bicyclic) bond motifs is 2. The first-order chi connectivity index (χ1) is 13.5. The van der Waals surface area contributed by atoms with Gasteiger partial charge in [-0.2, -0.15) is 0 Å². The number of pyridine rings is 1. The predicted molar refractivity (Wildman–Crippen MR) is 103 cm³/mol. The van der Waals surface area contributed by atoms with Gasteiger partial charge in [0.25, 0.3) is 0 Å². The normalized spacial score (nSPS) is 18.1. The highest BCUT2D eigenvalue weighted by Crippen LogP contribution is 2.38. The molecule has 1 aliphatic carbocycles. The number of rotatable bonds is 4. The number of amides is 1. The van der Waals surface area contributed by atoms with Gasteiger partial charge in [0.15, 0.2) is 17.5 Å². The molecule has 3 aromatic rings. The third kappa shape index (κ3) is 3.07. The molecule has 1 aliphatic rings. The molecule has 0 unspecified atom stereocenters. The van der Waals surface area contributed by atoms with Gasteiger partial charge in [0.1, 0.15) is 6.10 Å². The van der Waals surface area contributed by atoms with Crippen LogP contribution in [0.4, 0.5) is 4.79 Å². The number of carbonyl (C=O) groups is 1. The summed E-state index contributed by atoms with van der Waals surface area (Å²) in [5.74, 6) is 0.581. The number of imidazole rings is 1. The summed E-state index contributed by atoms with van der Waals surface area (Å²) in [5.41, 5.74) is 4.22. The van der Waals surface area contributed by atoms with E-state index in [2.05, 4.69) is 4.98 Å². The molecule has 0 spiro atoms. The maximum Gasteiger partial charge on any atom is 0.409 e. The molecule has 0 radical (unpaired) electrons. The molecule has 7 heteroatoms. The van der Waals surface area contributed by atoms with Crippen LogP contribution in [0.25, 0.3) is 5.65 Å². The second-order valence-electron chi connectivity index (χ2n) is 7.13. The van der Waals surface area contributed by atoms with Crippen molar-refractivity contribution in [2.45, 2.75) is 32.2 Å². The fourth-order valence-electron chi connectivity index (χ4n) is 3.62. The number of benzene rings is 1. The van der Waals surface area contributed by atoms with Crippen LogP contribution in [0.15, 0.2) is 42.6 Å². The first-order valence-corrected chi connectivity index (χ1v) is 9.19. The van der Waals surface area contributed by atoms with Gasteiger partial charge in [-0.25, -0.2) is 9.78 Å². The van der Waals surface area contributed by atoms with Crippen molar-refractivity contribution >= 4 is 11.7 Å². The summed E-state index contributed by atoms with van der Waals surface area (Å²) in [6.07, 6.45) is 1.18. The van der Waals surface area contributed by atoms with Crippen LogP contribution in [-0.4, -0.2) is 45.7 Å². The summed E-state index contributed by atoms with van der Waals surface area (Å²) < 4.78 is 13.9. The molecule has 0 fully saturated rings. The lowest BCUT2D eigenvalue weighted by atomic mass is 10.1. The van der Waals surface area contributed by atoms with E-state index in [1.54, 1.807) is 14.1 Å². The Balaban J connectivity index is 1.72. The van der Waals surface area contributed by atoms with Crippen molar-refractivity contribution in [1.82, 2.24) is 14.3 Å². The third-order valence-corrected chi connectivity index (χ3v) is 5.05. The molecule has 4 rings (SSSR count). The van der Waals surface area contributed by atoms with Gasteiger partial charge in [0.2, 0.25) is 0 Å². The van der Waals surface area contributed by atoms with Crippen molar-refractivity contribution in [3.8, 4) is 5.75 Å². The highest BCUT2D eigenvalue weighted by molar-refractivity contribution is 5.67. The predicted octanol–water partition coefficient (Wildman–Crippen LogP) is 2.88. The van der Waals surface area contributed by atoms with Crippen LogP contribution in [0.3, 0.4) is 0 Å². The van der Waals surface area contributed by atoms with Gasteiger partial charge in [0, 0.05) is 26.7 Å². The lowest BCUT2D eigenvalue weighted by Gasteiger charge is -2.24. The first kappa shape index (κ1) is 18.3. The van der Waals surface area contributed by atoms with Crippen LogP contribution in [0.5, 0.6) is 5.75 Å². The van der Waals surface area contributed by atoms with Gasteiger partial charge in [-0.3, -0.25) is 4.40 Å². The van der Waals surface area contributed by atoms with Gasteiger partial charge in [-0.05, 0) is 30.2 Å². The number of hydrogen-bond donors (Lipinski definition) is 1. The minimum absolute atomic E-state index is 0.105. The maximum absolute atomic E-state index is 12.2. The molecule has 0 aliphatic heterocycles. The quantitative estimate of drug-likeness (QED) is 0.752. The molecule has 2 aromatic heterocycles. The van der Waals surface area contributed by atoms with Gasteiger partial charge >= 0.3 is 6.09 Å². The molecular formula is C21H23N3O4. The lowest BCUT2D eigenvalue weighted by molar-refractivity contribution is 0.0143. The molecule has 146 valence electrons. The molecule has 1 N–H and O–H groups in total. The van der Waals surface area contributed by atoms with Crippen LogP contribution >= 0.6 is 0 Å². The number of carbonyl (C=O) groups excluding carboxylic acids is 1. The fourth-order valence-corrected chi connectivity index (χ4v) is 3.62. The number of aliphatic hydroxyl groups is 1. The smallest absolute Gasteiger partial charge is 0.409 e. The topological polar surface area (TPSA) is 76.3 Å². The molecule has 0 bridgehead atoms. The minimum Gasteiger partial charge on any atom is -0.478 e. The average molecular weight is 381 g/mol. The number of aryl methyl sites for hydroxylation is 1. The Bertz CT molecular complexity index is 1030. The summed E-state index contributed by atoms with van der Waals surface area (Å²) in [5, 5.41) is 9.64. The van der Waals surface area contributed by atoms with E-state index in [1.165, 1.54) is 4.90 Å². The number of hydrogen-bond acceptors (Lipinski definition) is 5. The number of ether oxygens (including phenoxy) is 2. The van der Waals surface area contributed by atoms with E-state index in [4.69, 9.17) is 9.47 Å². The van der Waals surface area contributed by atoms with E-state index in [1.807, 2.05) is 53.9 Å². The minimum atomic E-state index is -0.430. The van der Waals surface area contributed by atoms with Crippen LogP contribution in [0.2, 0.25) is 0 Å². The monoisotopic (exact) mass is 381 g/mol. The summed E-state index contributed by atoms with van der Waals surface area (Å²) >= 11 is 0. The van der Waals surface area contributed by atoms with Crippen molar-refractivity contribution in [2.24, 2.45) is 0 Å². The highest BCUT2D eigenvalue weighted by atomic mass is 16.6. The Kier molecular flexibility index (Phi) is 4.68. The second-order valence-corrected chi connectivity index (χ2v) is 7.13. The standard InChI is InChI=1S/C21H23N3O4/c1-13-16(12-25)24-10-6-9-17(20(24)22-13)27-19-15-8-5-4-7-14(15)11-18(19)28-21(26)23(2)3/h4-10,18-19,25H,11-12H2,1-3H3/t18-,19-/m1/s1. The third-order valence-electron chi connectivity index (χ3n) is 5.05. The Hall–Kier alpha value is -3.06. The zero-order valence-corrected chi connectivity index (χ0v) is 16.1. The first-order valence-electron chi connectivity index (χ1n) is 9.19. The van der Waals surface area contributed by atoms with Crippen molar-refractivity contribution < 1.29 is 19.4 Å². The lowest BCUT2D eigenvalue weighted by Crippen LogP contribution is -2.32. The van der Waals surface area contributed by atoms with Crippen LogP contribution < -0.4 is 4.74 Å². The summed E-state index contributed by atoms with van der Waals surface area (Å²) in [6, 6.07) is 11.6. The summed E-state index contributed by atoms with van der Waals surface area (Å²) in [4.78, 5) is 18.1. The molecular weight excluding hydrogens is 358 g/mol. The van der Waals surface area contributed by atoms with E-state index in [9.17, 15) is 9.90 Å². The molecule has 2 atom stereocenters. The Morgan fingerprint density at radius 1 is 1.29 bits per heavy atom. The van der Waals surface area contributed by atoms with E-state index >= 15 is 0 Å². The fraction of sp³-hybridized carbons (Fsp3) is 0.333. The van der Waals surface area contributed by atoms with E-state index in [0.29, 0.717) is 17.8 Å². The van der Waals surface area contributed by atoms with Crippen molar-refractivity contribution in [1.29, 1.82) is 0 Å². The van der Waals surface area contributed by atoms with E-state index in [-0.39, 0.29) is 6.61 Å². The van der Waals surface area contributed by atoms with Crippen LogP contribution in [-0.2, 0) is 17.8 Å². The molecule has 1 amide bonds. The summed E-state index contributed by atoms with van der Waals surface area (Å²) in [6.45, 7) is 1.75. The molecule has 0 saturated heterocycles. The Morgan fingerprint density at radius 3 is 2.82 bits per heavy atom. The molecule has 1 aromatic carbocycles. The zero-order valence-electron chi connectivity index (χ0n) is 16.1. The molecule has 7 nitrogen and oxygen atoms in total. The number of nitrogens with zero attached hydrogens (tertiary/aromatic N) is 3. The zero-order chi connectivity index (χ0) is 19.8. The molecule has 2 heterocycles. The summed E-state index contributed by atoms with van der Waals surface area (Å²) in [7, 11) is 3.31. The van der Waals surface area contributed by atoms with Crippen LogP contribution in [0.1, 0.15) is 28.6 Å². The Morgan fingerprint density at radius 2 is 2.07 bits per heavy atom. The Labute approximate surface area is 163 Å². The average Bonchev–Trinajstić information content (AvgIpc) is 3.19. The van der Waals surface area contributed by atoms with E-state index in [0.717, 1.165) is 22.5 Å². The highest BCUT2D eigenvalue weighted by Gasteiger charge is 2.37. The number of aromatic nitrogens is 2. The second kappa shape index (κ2) is 7.16. The van der Waals surface area contributed by atoms with Gasteiger partial charge in [-0.15, -0.1) is 0 Å². The van der Waals surface area contributed by atoms with Gasteiger partial charge in [0.05, 0.1) is 18.0 Å². The van der Waals surface area contributed by atoms with E-state index < -0.39 is 18.3 Å². The SMILES string of the molecule is Cc1nc2c(O[C@@H]3c4ccccc4C[C@H]3OC(=O)N(C)C)cccn2c1CO. The van der Waals surface area contributed by atoms with Gasteiger partial charge in [-0.1, -0.05) is 24.3 Å². The van der Waals surface area contributed by atoms with Crippen molar-refractivity contribution in [3.05, 3.63) is 65.1 Å². The number of aliphatic hydroxyl groups excluding tert-OH is 1. The molecule has 0 saturated carbocycles. The van der Waals surface area contributed by atoms with Crippen LogP contribution in [0, 0.1) is 6.92 Å². The largest absolute Gasteiger partial charge is 0.478 e. The van der Waals surface area contributed by atoms with Crippen molar-refractivity contribution in [3.63, 3.8) is 0 Å². The van der Waals surface area contributed by atoms with Gasteiger partial charge < -0.3 is 19.5 Å². The molecule has 28 heavy (non-hydrogen) atoms.